The summed E-state index contributed by atoms with van der Waals surface area (Å²) in [5.41, 5.74) is 0.719. The number of benzene rings is 3. The number of carbonyl (C=O) groups is 1. The van der Waals surface area contributed by atoms with E-state index < -0.39 is 10.0 Å². The Morgan fingerprint density at radius 1 is 0.862 bits per heavy atom. The molecule has 1 fully saturated rings. The van der Waals surface area contributed by atoms with Crippen LogP contribution in [0.5, 0.6) is 0 Å². The quantitative estimate of drug-likeness (QED) is 0.671. The summed E-state index contributed by atoms with van der Waals surface area (Å²) >= 11 is 0. The van der Waals surface area contributed by atoms with Gasteiger partial charge in [0.2, 0.25) is 10.0 Å². The van der Waals surface area contributed by atoms with E-state index >= 15 is 0 Å². The fourth-order valence-corrected chi connectivity index (χ4v) is 5.12. The molecule has 0 atom stereocenters. The number of nitriles is 1. The topological polar surface area (TPSA) is 81.5 Å². The Bertz CT molecular complexity index is 1220. The molecule has 0 saturated carbocycles. The van der Waals surface area contributed by atoms with Crippen molar-refractivity contribution in [3.8, 4) is 6.07 Å². The van der Waals surface area contributed by atoms with Gasteiger partial charge in [-0.2, -0.15) is 9.57 Å². The number of hydrogen-bond donors (Lipinski definition) is 0. The smallest absolute Gasteiger partial charge is 0.253 e. The van der Waals surface area contributed by atoms with Gasteiger partial charge in [-0.05, 0) is 35.0 Å². The summed E-state index contributed by atoms with van der Waals surface area (Å²) in [4.78, 5) is 14.6. The van der Waals surface area contributed by atoms with Crippen molar-refractivity contribution in [2.45, 2.75) is 4.90 Å². The van der Waals surface area contributed by atoms with Crippen molar-refractivity contribution < 1.29 is 13.2 Å². The molecule has 0 aromatic heterocycles. The number of amides is 1. The standard InChI is InChI=1S/C22H19N3O3S/c23-16-20-7-3-4-8-21(20)29(27,28)25-13-11-24(12-14-25)22(26)19-10-9-17-5-1-2-6-18(17)15-19/h1-10,15H,11-14H2. The van der Waals surface area contributed by atoms with Crippen LogP contribution in [0.3, 0.4) is 0 Å². The SMILES string of the molecule is N#Cc1ccccc1S(=O)(=O)N1CCN(C(=O)c2ccc3ccccc3c2)CC1. The molecular weight excluding hydrogens is 386 g/mol. The lowest BCUT2D eigenvalue weighted by atomic mass is 10.1. The van der Waals surface area contributed by atoms with Gasteiger partial charge in [0.05, 0.1) is 10.5 Å². The Morgan fingerprint density at radius 3 is 2.24 bits per heavy atom. The molecule has 3 aromatic carbocycles. The normalized spacial score (nSPS) is 15.2. The first-order chi connectivity index (χ1) is 14.0. The number of sulfonamides is 1. The van der Waals surface area contributed by atoms with Gasteiger partial charge in [-0.3, -0.25) is 4.79 Å². The van der Waals surface area contributed by atoms with Crippen LogP contribution >= 0.6 is 0 Å². The highest BCUT2D eigenvalue weighted by Gasteiger charge is 2.31. The molecule has 1 saturated heterocycles. The maximum Gasteiger partial charge on any atom is 0.253 e. The highest BCUT2D eigenvalue weighted by Crippen LogP contribution is 2.22. The lowest BCUT2D eigenvalue weighted by Crippen LogP contribution is -2.50. The van der Waals surface area contributed by atoms with Gasteiger partial charge in [0.15, 0.2) is 0 Å². The summed E-state index contributed by atoms with van der Waals surface area (Å²) < 4.78 is 27.2. The molecular formula is C22H19N3O3S. The molecule has 3 aromatic rings. The molecule has 1 aliphatic heterocycles. The number of hydrogen-bond acceptors (Lipinski definition) is 4. The van der Waals surface area contributed by atoms with E-state index in [4.69, 9.17) is 0 Å². The van der Waals surface area contributed by atoms with Crippen molar-refractivity contribution >= 4 is 26.7 Å². The Hall–Kier alpha value is -3.21. The van der Waals surface area contributed by atoms with Crippen LogP contribution in [0.1, 0.15) is 15.9 Å². The van der Waals surface area contributed by atoms with Crippen LogP contribution in [0.2, 0.25) is 0 Å². The van der Waals surface area contributed by atoms with Crippen molar-refractivity contribution in [3.05, 3.63) is 77.9 Å². The summed E-state index contributed by atoms with van der Waals surface area (Å²) in [6.45, 7) is 1.00. The Balaban J connectivity index is 1.50. The van der Waals surface area contributed by atoms with E-state index in [0.717, 1.165) is 10.8 Å². The predicted molar refractivity (Wildman–Crippen MR) is 110 cm³/mol. The van der Waals surface area contributed by atoms with Gasteiger partial charge >= 0.3 is 0 Å². The van der Waals surface area contributed by atoms with Crippen LogP contribution in [-0.4, -0.2) is 49.7 Å². The highest BCUT2D eigenvalue weighted by atomic mass is 32.2. The molecule has 1 heterocycles. The van der Waals surface area contributed by atoms with Crippen LogP contribution in [-0.2, 0) is 10.0 Å². The third kappa shape index (κ3) is 3.60. The van der Waals surface area contributed by atoms with Crippen LogP contribution in [0.25, 0.3) is 10.8 Å². The first-order valence-electron chi connectivity index (χ1n) is 9.28. The van der Waals surface area contributed by atoms with Crippen molar-refractivity contribution in [2.75, 3.05) is 26.2 Å². The third-order valence-electron chi connectivity index (χ3n) is 5.15. The minimum absolute atomic E-state index is 0.0109. The average molecular weight is 405 g/mol. The van der Waals surface area contributed by atoms with Crippen molar-refractivity contribution in [2.24, 2.45) is 0 Å². The molecule has 0 radical (unpaired) electrons. The fraction of sp³-hybridized carbons (Fsp3) is 0.182. The summed E-state index contributed by atoms with van der Waals surface area (Å²) in [7, 11) is -3.77. The highest BCUT2D eigenvalue weighted by molar-refractivity contribution is 7.89. The monoisotopic (exact) mass is 405 g/mol. The van der Waals surface area contributed by atoms with Gasteiger partial charge in [-0.1, -0.05) is 42.5 Å². The predicted octanol–water partition coefficient (Wildman–Crippen LogP) is 2.86. The molecule has 146 valence electrons. The minimum atomic E-state index is -3.77. The second-order valence-electron chi connectivity index (χ2n) is 6.87. The van der Waals surface area contributed by atoms with Crippen LogP contribution in [0.15, 0.2) is 71.6 Å². The van der Waals surface area contributed by atoms with E-state index in [1.165, 1.54) is 16.4 Å². The molecule has 0 spiro atoms. The van der Waals surface area contributed by atoms with Crippen LogP contribution in [0.4, 0.5) is 0 Å². The maximum atomic E-state index is 12.9. The largest absolute Gasteiger partial charge is 0.336 e. The van der Waals surface area contributed by atoms with Gasteiger partial charge in [-0.15, -0.1) is 0 Å². The summed E-state index contributed by atoms with van der Waals surface area (Å²) in [6, 6.07) is 21.5. The second kappa shape index (κ2) is 7.66. The second-order valence-corrected chi connectivity index (χ2v) is 8.77. The Morgan fingerprint density at radius 2 is 1.52 bits per heavy atom. The summed E-state index contributed by atoms with van der Waals surface area (Å²) in [5, 5.41) is 11.3. The first kappa shape index (κ1) is 19.1. The molecule has 7 heteroatoms. The zero-order valence-electron chi connectivity index (χ0n) is 15.7. The number of carbonyl (C=O) groups excluding carboxylic acids is 1. The van der Waals surface area contributed by atoms with Crippen molar-refractivity contribution in [3.63, 3.8) is 0 Å². The third-order valence-corrected chi connectivity index (χ3v) is 7.10. The Labute approximate surface area is 169 Å². The zero-order valence-corrected chi connectivity index (χ0v) is 16.5. The molecule has 29 heavy (non-hydrogen) atoms. The van der Waals surface area contributed by atoms with Gasteiger partial charge < -0.3 is 4.90 Å². The number of piperazine rings is 1. The van der Waals surface area contributed by atoms with E-state index in [9.17, 15) is 18.5 Å². The van der Waals surface area contributed by atoms with Crippen LogP contribution < -0.4 is 0 Å². The molecule has 1 amide bonds. The van der Waals surface area contributed by atoms with Gasteiger partial charge in [0.1, 0.15) is 6.07 Å². The number of nitrogens with zero attached hydrogens (tertiary/aromatic N) is 3. The number of fused-ring (bicyclic) bond motifs is 1. The van der Waals surface area contributed by atoms with Gasteiger partial charge in [0.25, 0.3) is 5.91 Å². The lowest BCUT2D eigenvalue weighted by Gasteiger charge is -2.34. The van der Waals surface area contributed by atoms with Crippen LogP contribution in [0, 0.1) is 11.3 Å². The molecule has 4 rings (SSSR count). The van der Waals surface area contributed by atoms with E-state index in [0.29, 0.717) is 18.7 Å². The number of rotatable bonds is 3. The molecule has 0 unspecified atom stereocenters. The van der Waals surface area contributed by atoms with Crippen molar-refractivity contribution in [1.29, 1.82) is 5.26 Å². The fourth-order valence-electron chi connectivity index (χ4n) is 3.56. The molecule has 0 aliphatic carbocycles. The summed E-state index contributed by atoms with van der Waals surface area (Å²) in [6.07, 6.45) is 0. The van der Waals surface area contributed by atoms with Gasteiger partial charge in [0, 0.05) is 31.7 Å². The first-order valence-corrected chi connectivity index (χ1v) is 10.7. The molecule has 6 nitrogen and oxygen atoms in total. The zero-order chi connectivity index (χ0) is 20.4. The Kier molecular flexibility index (Phi) is 5.05. The summed E-state index contributed by atoms with van der Waals surface area (Å²) in [5.74, 6) is -0.106. The maximum absolute atomic E-state index is 12.9. The van der Waals surface area contributed by atoms with E-state index in [1.807, 2.05) is 42.5 Å². The van der Waals surface area contributed by atoms with E-state index in [1.54, 1.807) is 23.1 Å². The molecule has 1 aliphatic rings. The molecule has 0 bridgehead atoms. The minimum Gasteiger partial charge on any atom is -0.336 e. The van der Waals surface area contributed by atoms with Gasteiger partial charge in [-0.25, -0.2) is 8.42 Å². The average Bonchev–Trinajstić information content (AvgIpc) is 2.78. The molecule has 0 N–H and O–H groups in total. The van der Waals surface area contributed by atoms with E-state index in [-0.39, 0.29) is 29.5 Å². The van der Waals surface area contributed by atoms with E-state index in [2.05, 4.69) is 0 Å². The lowest BCUT2D eigenvalue weighted by molar-refractivity contribution is 0.0698. The van der Waals surface area contributed by atoms with Crippen molar-refractivity contribution in [1.82, 2.24) is 9.21 Å².